The molecule has 7 heteroatoms. The summed E-state index contributed by atoms with van der Waals surface area (Å²) in [7, 11) is 2.09. The Morgan fingerprint density at radius 2 is 2.00 bits per heavy atom. The predicted octanol–water partition coefficient (Wildman–Crippen LogP) is 4.30. The van der Waals surface area contributed by atoms with Gasteiger partial charge >= 0.3 is 0 Å². The monoisotopic (exact) mass is 513 g/mol. The number of thiazole rings is 1. The van der Waals surface area contributed by atoms with Crippen LogP contribution in [0.3, 0.4) is 0 Å². The maximum atomic E-state index is 5.00. The van der Waals surface area contributed by atoms with Crippen LogP contribution in [0.4, 0.5) is 0 Å². The molecule has 1 aliphatic rings. The number of benzene rings is 1. The number of likely N-dealkylation sites (tertiary alicyclic amines) is 1. The second-order valence-corrected chi connectivity index (χ2v) is 8.14. The van der Waals surface area contributed by atoms with Crippen molar-refractivity contribution in [2.24, 2.45) is 4.99 Å². The van der Waals surface area contributed by atoms with Gasteiger partial charge in [0.05, 0.1) is 29.8 Å². The first kappa shape index (κ1) is 23.1. The van der Waals surface area contributed by atoms with Crippen LogP contribution in [0.1, 0.15) is 42.1 Å². The molecule has 2 aromatic rings. The first-order valence-corrected chi connectivity index (χ1v) is 10.7. The molecule has 0 spiro atoms. The van der Waals surface area contributed by atoms with Crippen molar-refractivity contribution in [3.63, 3.8) is 0 Å². The Morgan fingerprint density at radius 3 is 2.61 bits per heavy atom. The molecule has 1 unspecified atom stereocenters. The van der Waals surface area contributed by atoms with Gasteiger partial charge in [-0.2, -0.15) is 0 Å². The van der Waals surface area contributed by atoms with Gasteiger partial charge in [-0.25, -0.2) is 4.98 Å². The summed E-state index contributed by atoms with van der Waals surface area (Å²) >= 11 is 1.70. The highest BCUT2D eigenvalue weighted by molar-refractivity contribution is 14.0. The molecule has 0 saturated carbocycles. The lowest BCUT2D eigenvalue weighted by Gasteiger charge is -2.28. The van der Waals surface area contributed by atoms with Gasteiger partial charge in [0.2, 0.25) is 0 Å². The van der Waals surface area contributed by atoms with Crippen LogP contribution >= 0.6 is 35.3 Å². The summed E-state index contributed by atoms with van der Waals surface area (Å²) < 4.78 is 0. The first-order valence-electron chi connectivity index (χ1n) is 9.87. The average molecular weight is 513 g/mol. The van der Waals surface area contributed by atoms with Crippen LogP contribution in [-0.4, -0.2) is 54.0 Å². The van der Waals surface area contributed by atoms with E-state index in [0.717, 1.165) is 36.3 Å². The van der Waals surface area contributed by atoms with Crippen LogP contribution in [0, 0.1) is 6.92 Å². The molecule has 0 radical (unpaired) electrons. The molecule has 0 amide bonds. The molecule has 2 heterocycles. The number of aryl methyl sites for hydroxylation is 1. The van der Waals surface area contributed by atoms with Gasteiger partial charge in [0.1, 0.15) is 0 Å². The highest BCUT2D eigenvalue weighted by Crippen LogP contribution is 2.25. The minimum absolute atomic E-state index is 0. The Hall–Kier alpha value is -1.19. The van der Waals surface area contributed by atoms with Gasteiger partial charge in [0, 0.05) is 19.0 Å². The maximum absolute atomic E-state index is 5.00. The van der Waals surface area contributed by atoms with Crippen molar-refractivity contribution >= 4 is 41.3 Å². The molecule has 154 valence electrons. The molecule has 1 aromatic carbocycles. The highest BCUT2D eigenvalue weighted by Gasteiger charge is 2.23. The van der Waals surface area contributed by atoms with Gasteiger partial charge in [0.25, 0.3) is 0 Å². The quantitative estimate of drug-likeness (QED) is 0.341. The van der Waals surface area contributed by atoms with Crippen LogP contribution in [-0.2, 0) is 6.54 Å². The van der Waals surface area contributed by atoms with Crippen molar-refractivity contribution < 1.29 is 0 Å². The van der Waals surface area contributed by atoms with Gasteiger partial charge in [-0.1, -0.05) is 30.3 Å². The van der Waals surface area contributed by atoms with E-state index in [0.29, 0.717) is 6.04 Å². The lowest BCUT2D eigenvalue weighted by Crippen LogP contribution is -2.39. The van der Waals surface area contributed by atoms with Gasteiger partial charge in [-0.05, 0) is 45.3 Å². The van der Waals surface area contributed by atoms with Crippen LogP contribution in [0.15, 0.2) is 40.7 Å². The molecule has 0 aliphatic carbocycles. The summed E-state index contributed by atoms with van der Waals surface area (Å²) in [5.41, 5.74) is 2.46. The van der Waals surface area contributed by atoms with E-state index in [1.807, 2.05) is 6.92 Å². The van der Waals surface area contributed by atoms with E-state index in [-0.39, 0.29) is 24.0 Å². The Morgan fingerprint density at radius 1 is 1.29 bits per heavy atom. The number of aliphatic imine (C=N–C) groups is 1. The van der Waals surface area contributed by atoms with Crippen molar-refractivity contribution in [2.45, 2.75) is 39.3 Å². The van der Waals surface area contributed by atoms with Crippen LogP contribution in [0.2, 0.25) is 0 Å². The topological polar surface area (TPSA) is 43.8 Å². The fraction of sp³-hybridized carbons (Fsp3) is 0.524. The predicted molar refractivity (Wildman–Crippen MR) is 130 cm³/mol. The minimum atomic E-state index is 0. The highest BCUT2D eigenvalue weighted by atomic mass is 127. The van der Waals surface area contributed by atoms with Crippen molar-refractivity contribution in [2.75, 3.05) is 33.2 Å². The third kappa shape index (κ3) is 6.42. The molecule has 1 aromatic heterocycles. The average Bonchev–Trinajstić information content (AvgIpc) is 3.34. The van der Waals surface area contributed by atoms with Gasteiger partial charge < -0.3 is 10.2 Å². The second-order valence-electron chi connectivity index (χ2n) is 7.08. The van der Waals surface area contributed by atoms with Crippen LogP contribution < -0.4 is 5.32 Å². The summed E-state index contributed by atoms with van der Waals surface area (Å²) in [5.74, 6) is 0.947. The Balaban J connectivity index is 0.00000280. The van der Waals surface area contributed by atoms with E-state index < -0.39 is 0 Å². The summed E-state index contributed by atoms with van der Waals surface area (Å²) in [6.07, 6.45) is 2.58. The number of halogens is 1. The molecule has 0 bridgehead atoms. The van der Waals surface area contributed by atoms with Crippen molar-refractivity contribution in [3.05, 3.63) is 52.0 Å². The van der Waals surface area contributed by atoms with Crippen molar-refractivity contribution in [3.8, 4) is 0 Å². The minimum Gasteiger partial charge on any atom is -0.357 e. The van der Waals surface area contributed by atoms with E-state index >= 15 is 0 Å². The zero-order valence-corrected chi connectivity index (χ0v) is 20.2. The Labute approximate surface area is 190 Å². The number of rotatable bonds is 7. The SMILES string of the molecule is CCNC(=NCC(c1ccccc1)N1CCCC1)N(C)Cc1csc(C)n1.I. The molecule has 1 saturated heterocycles. The molecule has 1 aliphatic heterocycles. The lowest BCUT2D eigenvalue weighted by molar-refractivity contribution is 0.251. The Kier molecular flexibility index (Phi) is 9.67. The molecule has 1 fully saturated rings. The van der Waals surface area contributed by atoms with E-state index in [1.54, 1.807) is 11.3 Å². The van der Waals surface area contributed by atoms with E-state index in [4.69, 9.17) is 4.99 Å². The van der Waals surface area contributed by atoms with Crippen LogP contribution in [0.5, 0.6) is 0 Å². The molecular weight excluding hydrogens is 481 g/mol. The summed E-state index contributed by atoms with van der Waals surface area (Å²) in [4.78, 5) is 14.3. The Bertz CT molecular complexity index is 727. The maximum Gasteiger partial charge on any atom is 0.194 e. The molecule has 28 heavy (non-hydrogen) atoms. The number of nitrogens with zero attached hydrogens (tertiary/aromatic N) is 4. The van der Waals surface area contributed by atoms with Crippen molar-refractivity contribution in [1.29, 1.82) is 0 Å². The van der Waals surface area contributed by atoms with E-state index in [9.17, 15) is 0 Å². The fourth-order valence-electron chi connectivity index (χ4n) is 3.60. The van der Waals surface area contributed by atoms with Crippen LogP contribution in [0.25, 0.3) is 0 Å². The van der Waals surface area contributed by atoms with Gasteiger partial charge in [-0.3, -0.25) is 9.89 Å². The summed E-state index contributed by atoms with van der Waals surface area (Å²) in [6, 6.07) is 11.1. The molecule has 1 N–H and O–H groups in total. The standard InChI is InChI=1S/C21H31N5S.HI/c1-4-22-21(25(3)15-19-16-27-17(2)24-19)23-14-20(26-12-8-9-13-26)18-10-6-5-7-11-18;/h5-7,10-11,16,20H,4,8-9,12-15H2,1-3H3,(H,22,23);1H. The molecule has 5 nitrogen and oxygen atoms in total. The number of guanidine groups is 1. The molecule has 3 rings (SSSR count). The molecular formula is C21H32IN5S. The number of hydrogen-bond acceptors (Lipinski definition) is 4. The van der Waals surface area contributed by atoms with Gasteiger partial charge in [0.15, 0.2) is 5.96 Å². The van der Waals surface area contributed by atoms with Crippen molar-refractivity contribution in [1.82, 2.24) is 20.1 Å². The zero-order valence-electron chi connectivity index (χ0n) is 17.1. The smallest absolute Gasteiger partial charge is 0.194 e. The number of aromatic nitrogens is 1. The largest absolute Gasteiger partial charge is 0.357 e. The summed E-state index contributed by atoms with van der Waals surface area (Å²) in [5, 5.41) is 6.68. The van der Waals surface area contributed by atoms with E-state index in [1.165, 1.54) is 31.5 Å². The fourth-order valence-corrected chi connectivity index (χ4v) is 4.21. The lowest BCUT2D eigenvalue weighted by atomic mass is 10.1. The third-order valence-electron chi connectivity index (χ3n) is 4.94. The number of hydrogen-bond donors (Lipinski definition) is 1. The summed E-state index contributed by atoms with van der Waals surface area (Å²) in [6.45, 7) is 8.90. The third-order valence-corrected chi connectivity index (χ3v) is 5.76. The zero-order chi connectivity index (χ0) is 19.1. The first-order chi connectivity index (χ1) is 13.2. The van der Waals surface area contributed by atoms with Gasteiger partial charge in [-0.15, -0.1) is 35.3 Å². The van der Waals surface area contributed by atoms with E-state index in [2.05, 4.69) is 69.8 Å². The molecule has 1 atom stereocenters. The number of nitrogens with one attached hydrogen (secondary N) is 1. The normalized spacial score (nSPS) is 15.9. The second kappa shape index (κ2) is 11.7.